The smallest absolute Gasteiger partial charge is 0.306 e. The second kappa shape index (κ2) is 14.5. The molecule has 140 valence electrons. The summed E-state index contributed by atoms with van der Waals surface area (Å²) in [5, 5.41) is 16.9. The molecule has 0 rings (SSSR count). The van der Waals surface area contributed by atoms with Gasteiger partial charge in [-0.1, -0.05) is 13.8 Å². The number of aliphatic carboxylic acids is 2. The third-order valence-electron chi connectivity index (χ3n) is 3.52. The minimum absolute atomic E-state index is 0.0405. The van der Waals surface area contributed by atoms with Gasteiger partial charge in [-0.3, -0.25) is 19.2 Å². The number of ether oxygens (including phenoxy) is 2. The predicted octanol–water partition coefficient (Wildman–Crippen LogP) is 2.10. The number of esters is 2. The second-order valence-corrected chi connectivity index (χ2v) is 5.40. The van der Waals surface area contributed by atoms with Gasteiger partial charge in [0, 0.05) is 19.3 Å². The van der Waals surface area contributed by atoms with Crippen molar-refractivity contribution >= 4 is 23.9 Å². The van der Waals surface area contributed by atoms with Gasteiger partial charge in [0.2, 0.25) is 0 Å². The molecule has 0 aromatic rings. The first-order valence-electron chi connectivity index (χ1n) is 7.73. The molecule has 0 saturated carbocycles. The van der Waals surface area contributed by atoms with Crippen LogP contribution in [0.5, 0.6) is 0 Å². The largest absolute Gasteiger partial charge is 0.481 e. The molecule has 8 heteroatoms. The summed E-state index contributed by atoms with van der Waals surface area (Å²) in [5.74, 6) is -2.77. The van der Waals surface area contributed by atoms with E-state index in [1.54, 1.807) is 13.8 Å². The average molecular weight is 348 g/mol. The number of carboxylic acids is 2. The highest BCUT2D eigenvalue weighted by Crippen LogP contribution is 2.16. The molecule has 0 fully saturated rings. The van der Waals surface area contributed by atoms with Crippen molar-refractivity contribution in [2.75, 3.05) is 14.2 Å². The highest BCUT2D eigenvalue weighted by molar-refractivity contribution is 5.70. The maximum absolute atomic E-state index is 10.6. The van der Waals surface area contributed by atoms with Crippen molar-refractivity contribution in [3.05, 3.63) is 0 Å². The Bertz CT molecular complexity index is 387. The first-order valence-corrected chi connectivity index (χ1v) is 7.73. The number of carbonyl (C=O) groups excluding carboxylic acids is 2. The number of carboxylic acid groups (broad SMARTS) is 2. The van der Waals surface area contributed by atoms with Crippen LogP contribution < -0.4 is 0 Å². The summed E-state index contributed by atoms with van der Waals surface area (Å²) in [4.78, 5) is 41.8. The first kappa shape index (κ1) is 24.1. The quantitative estimate of drug-likeness (QED) is 0.454. The molecule has 0 aromatic carbocycles. The van der Waals surface area contributed by atoms with Gasteiger partial charge in [-0.2, -0.15) is 0 Å². The molecule has 2 atom stereocenters. The Balaban J connectivity index is 0. The van der Waals surface area contributed by atoms with Crippen LogP contribution in [0.3, 0.4) is 0 Å². The zero-order chi connectivity index (χ0) is 19.1. The first-order chi connectivity index (χ1) is 11.1. The van der Waals surface area contributed by atoms with E-state index >= 15 is 0 Å². The molecule has 2 N–H and O–H groups in total. The van der Waals surface area contributed by atoms with E-state index in [0.29, 0.717) is 32.1 Å². The van der Waals surface area contributed by atoms with Crippen LogP contribution in [0.15, 0.2) is 0 Å². The molecule has 0 aliphatic carbocycles. The van der Waals surface area contributed by atoms with Crippen molar-refractivity contribution in [3.63, 3.8) is 0 Å². The molecule has 8 nitrogen and oxygen atoms in total. The Morgan fingerprint density at radius 2 is 1.25 bits per heavy atom. The Hall–Kier alpha value is -2.12. The van der Waals surface area contributed by atoms with Gasteiger partial charge in [-0.25, -0.2) is 0 Å². The highest BCUT2D eigenvalue weighted by Gasteiger charge is 2.19. The van der Waals surface area contributed by atoms with Crippen LogP contribution in [0.2, 0.25) is 0 Å². The van der Waals surface area contributed by atoms with Crippen molar-refractivity contribution in [1.82, 2.24) is 0 Å². The van der Waals surface area contributed by atoms with Crippen LogP contribution in [-0.2, 0) is 28.7 Å². The van der Waals surface area contributed by atoms with Crippen LogP contribution in [0, 0.1) is 11.8 Å². The van der Waals surface area contributed by atoms with Crippen LogP contribution in [0.25, 0.3) is 0 Å². The van der Waals surface area contributed by atoms with E-state index in [4.69, 9.17) is 10.2 Å². The van der Waals surface area contributed by atoms with Crippen molar-refractivity contribution in [2.45, 2.75) is 52.4 Å². The Morgan fingerprint density at radius 3 is 1.54 bits per heavy atom. The van der Waals surface area contributed by atoms with Crippen molar-refractivity contribution in [1.29, 1.82) is 0 Å². The number of hydrogen-bond acceptors (Lipinski definition) is 6. The molecule has 24 heavy (non-hydrogen) atoms. The highest BCUT2D eigenvalue weighted by atomic mass is 16.5. The molecule has 0 aliphatic heterocycles. The summed E-state index contributed by atoms with van der Waals surface area (Å²) in [6.07, 6.45) is 2.53. The molecule has 2 unspecified atom stereocenters. The summed E-state index contributed by atoms with van der Waals surface area (Å²) in [6.45, 7) is 3.34. The van der Waals surface area contributed by atoms with Gasteiger partial charge >= 0.3 is 23.9 Å². The van der Waals surface area contributed by atoms with Gasteiger partial charge in [0.15, 0.2) is 0 Å². The second-order valence-electron chi connectivity index (χ2n) is 5.40. The molecular weight excluding hydrogens is 320 g/mol. The van der Waals surface area contributed by atoms with E-state index in [0.717, 1.165) is 0 Å². The third-order valence-corrected chi connectivity index (χ3v) is 3.52. The molecule has 0 aliphatic rings. The van der Waals surface area contributed by atoms with Gasteiger partial charge in [-0.15, -0.1) is 0 Å². The van der Waals surface area contributed by atoms with Gasteiger partial charge in [-0.05, 0) is 25.2 Å². The number of hydrogen-bond donors (Lipinski definition) is 2. The van der Waals surface area contributed by atoms with Crippen LogP contribution >= 0.6 is 0 Å². The maximum Gasteiger partial charge on any atom is 0.306 e. The van der Waals surface area contributed by atoms with Crippen molar-refractivity contribution in [3.8, 4) is 0 Å². The summed E-state index contributed by atoms with van der Waals surface area (Å²) < 4.78 is 8.86. The van der Waals surface area contributed by atoms with E-state index in [2.05, 4.69) is 9.47 Å². The lowest BCUT2D eigenvalue weighted by Gasteiger charge is -2.13. The van der Waals surface area contributed by atoms with Crippen LogP contribution in [-0.4, -0.2) is 48.3 Å². The third kappa shape index (κ3) is 14.8. The molecule has 0 bridgehead atoms. The zero-order valence-electron chi connectivity index (χ0n) is 14.7. The van der Waals surface area contributed by atoms with Crippen LogP contribution in [0.4, 0.5) is 0 Å². The minimum atomic E-state index is -0.876. The fourth-order valence-electron chi connectivity index (χ4n) is 1.59. The Labute approximate surface area is 142 Å². The number of rotatable bonds is 10. The minimum Gasteiger partial charge on any atom is -0.481 e. The van der Waals surface area contributed by atoms with E-state index in [1.165, 1.54) is 14.2 Å². The SMILES string of the molecule is CC(CCC(=O)O)C(C)C(=O)O.COC(=O)CCCCC(=O)OC. The fourth-order valence-corrected chi connectivity index (χ4v) is 1.59. The van der Waals surface area contributed by atoms with E-state index in [9.17, 15) is 19.2 Å². The van der Waals surface area contributed by atoms with Gasteiger partial charge in [0.1, 0.15) is 0 Å². The monoisotopic (exact) mass is 348 g/mol. The van der Waals surface area contributed by atoms with E-state index in [-0.39, 0.29) is 24.3 Å². The lowest BCUT2D eigenvalue weighted by atomic mass is 9.92. The topological polar surface area (TPSA) is 127 Å². The standard InChI is InChI=1S/2C8H14O4/c1-11-7(9)5-3-4-6-8(10)12-2;1-5(3-4-7(9)10)6(2)8(11)12/h3-6H2,1-2H3;5-6H,3-4H2,1-2H3,(H,9,10)(H,11,12). The van der Waals surface area contributed by atoms with E-state index in [1.807, 2.05) is 0 Å². The molecule has 0 heterocycles. The molecular formula is C16H28O8. The number of methoxy groups -OCH3 is 2. The molecule has 0 spiro atoms. The number of carbonyl (C=O) groups is 4. The van der Waals surface area contributed by atoms with Crippen LogP contribution in [0.1, 0.15) is 52.4 Å². The Kier molecular flexibility index (Phi) is 14.6. The molecule has 0 saturated heterocycles. The Morgan fingerprint density at radius 1 is 0.833 bits per heavy atom. The summed E-state index contributed by atoms with van der Waals surface area (Å²) in [7, 11) is 2.70. The lowest BCUT2D eigenvalue weighted by Crippen LogP contribution is -2.18. The van der Waals surface area contributed by atoms with Crippen molar-refractivity contribution in [2.24, 2.45) is 11.8 Å². The van der Waals surface area contributed by atoms with Crippen molar-refractivity contribution < 1.29 is 38.9 Å². The van der Waals surface area contributed by atoms with Gasteiger partial charge in [0.05, 0.1) is 20.1 Å². The molecule has 0 aromatic heterocycles. The lowest BCUT2D eigenvalue weighted by molar-refractivity contribution is -0.144. The van der Waals surface area contributed by atoms with Gasteiger partial charge < -0.3 is 19.7 Å². The summed E-state index contributed by atoms with van der Waals surface area (Å²) in [6, 6.07) is 0. The van der Waals surface area contributed by atoms with Gasteiger partial charge in [0.25, 0.3) is 0 Å². The fraction of sp³-hybridized carbons (Fsp3) is 0.750. The average Bonchev–Trinajstić information content (AvgIpc) is 2.55. The maximum atomic E-state index is 10.6. The number of unbranched alkanes of at least 4 members (excludes halogenated alkanes) is 1. The zero-order valence-corrected chi connectivity index (χ0v) is 14.7. The van der Waals surface area contributed by atoms with E-state index < -0.39 is 17.9 Å². The normalized spacial score (nSPS) is 12.2. The summed E-state index contributed by atoms with van der Waals surface area (Å²) in [5.41, 5.74) is 0. The predicted molar refractivity (Wildman–Crippen MR) is 85.3 cm³/mol. The molecule has 0 radical (unpaired) electrons. The summed E-state index contributed by atoms with van der Waals surface area (Å²) >= 11 is 0. The molecule has 0 amide bonds.